The molecule has 0 aliphatic carbocycles. The molecule has 0 spiro atoms. The number of phenols is 1. The third kappa shape index (κ3) is 3.69. The van der Waals surface area contributed by atoms with E-state index in [1.807, 2.05) is 0 Å². The number of benzene rings is 2. The Morgan fingerprint density at radius 3 is 2.55 bits per heavy atom. The molecule has 2 aromatic carbocycles. The number of aromatic nitrogens is 4. The summed E-state index contributed by atoms with van der Waals surface area (Å²) in [6, 6.07) is 9.66. The Balaban J connectivity index is 2.02. The Bertz CT molecular complexity index is 1430. The maximum atomic E-state index is 12.9. The third-order valence-electron chi connectivity index (χ3n) is 4.94. The van der Waals surface area contributed by atoms with Crippen molar-refractivity contribution in [2.75, 3.05) is 20.8 Å². The van der Waals surface area contributed by atoms with Crippen molar-refractivity contribution in [1.82, 2.24) is 19.5 Å². The second-order valence-electron chi connectivity index (χ2n) is 6.85. The monoisotopic (exact) mass is 451 g/mol. The van der Waals surface area contributed by atoms with E-state index in [0.29, 0.717) is 23.8 Å². The molecule has 4 rings (SSSR count). The lowest BCUT2D eigenvalue weighted by molar-refractivity contribution is 0.0997. The number of hydrogen-bond acceptors (Lipinski definition) is 8. The molecule has 2 aromatic heterocycles. The van der Waals surface area contributed by atoms with Crippen LogP contribution in [0.2, 0.25) is 0 Å². The van der Waals surface area contributed by atoms with Crippen molar-refractivity contribution >= 4 is 17.1 Å². The van der Waals surface area contributed by atoms with E-state index in [4.69, 9.17) is 19.9 Å². The second-order valence-corrected chi connectivity index (χ2v) is 6.85. The number of methoxy groups -OCH3 is 2. The number of primary amides is 1. The maximum Gasteiger partial charge on any atom is 0.332 e. The van der Waals surface area contributed by atoms with Gasteiger partial charge in [-0.15, -0.1) is 0 Å². The molecule has 11 heteroatoms. The number of aromatic amines is 1. The zero-order valence-electron chi connectivity index (χ0n) is 18.1. The summed E-state index contributed by atoms with van der Waals surface area (Å²) in [5.74, 6) is 0.00592. The van der Waals surface area contributed by atoms with Gasteiger partial charge in [-0.1, -0.05) is 6.07 Å². The number of hydrogen-bond donors (Lipinski definition) is 3. The van der Waals surface area contributed by atoms with Gasteiger partial charge in [0.05, 0.1) is 32.1 Å². The van der Waals surface area contributed by atoms with Gasteiger partial charge in [-0.3, -0.25) is 4.79 Å². The number of amides is 1. The van der Waals surface area contributed by atoms with Crippen LogP contribution < -0.4 is 25.6 Å². The smallest absolute Gasteiger partial charge is 0.332 e. The van der Waals surface area contributed by atoms with E-state index in [2.05, 4.69) is 15.0 Å². The van der Waals surface area contributed by atoms with Crippen LogP contribution in [0, 0.1) is 0 Å². The van der Waals surface area contributed by atoms with E-state index in [0.717, 1.165) is 0 Å². The van der Waals surface area contributed by atoms with Gasteiger partial charge in [-0.25, -0.2) is 19.3 Å². The molecule has 2 heterocycles. The molecule has 0 saturated heterocycles. The number of ether oxygens (including phenoxy) is 3. The average Bonchev–Trinajstić information content (AvgIpc) is 3.14. The van der Waals surface area contributed by atoms with Crippen molar-refractivity contribution in [2.45, 2.75) is 6.92 Å². The quantitative estimate of drug-likeness (QED) is 0.385. The topological polar surface area (TPSA) is 155 Å². The minimum atomic E-state index is -0.871. The summed E-state index contributed by atoms with van der Waals surface area (Å²) in [5.41, 5.74) is 5.52. The second kappa shape index (κ2) is 8.54. The zero-order chi connectivity index (χ0) is 23.7. The first kappa shape index (κ1) is 21.7. The number of H-pyrrole nitrogens is 1. The summed E-state index contributed by atoms with van der Waals surface area (Å²) >= 11 is 0. The Labute approximate surface area is 187 Å². The summed E-state index contributed by atoms with van der Waals surface area (Å²) in [5, 5.41) is 10.7. The SMILES string of the molecule is CCOc1cccc(-c2nc(C(N)=O)c3[nH]c(=O)n(-c4ccc(OC)c(OC)c4)c3n2)c1O. The molecule has 0 aliphatic rings. The molecule has 0 unspecified atom stereocenters. The first-order chi connectivity index (χ1) is 15.9. The number of carbonyl (C=O) groups excluding carboxylic acids is 1. The fourth-order valence-electron chi connectivity index (χ4n) is 3.46. The first-order valence-electron chi connectivity index (χ1n) is 9.89. The molecule has 0 radical (unpaired) electrons. The summed E-state index contributed by atoms with van der Waals surface area (Å²) in [7, 11) is 2.97. The number of imidazole rings is 1. The predicted molar refractivity (Wildman–Crippen MR) is 119 cm³/mol. The lowest BCUT2D eigenvalue weighted by atomic mass is 10.1. The van der Waals surface area contributed by atoms with Crippen LogP contribution in [0.5, 0.6) is 23.0 Å². The molecule has 0 fully saturated rings. The van der Waals surface area contributed by atoms with Crippen LogP contribution in [0.3, 0.4) is 0 Å². The summed E-state index contributed by atoms with van der Waals surface area (Å²) in [6.07, 6.45) is 0. The standard InChI is InChI=1S/C22H21N5O6/c1-4-33-14-7-5-6-12(18(14)28)20-24-16(19(23)29)17-21(26-20)27(22(30)25-17)11-8-9-13(31-2)15(10-11)32-3/h5-10,28H,4H2,1-3H3,(H2,23,29)(H,25,30). The van der Waals surface area contributed by atoms with E-state index in [1.54, 1.807) is 43.3 Å². The highest BCUT2D eigenvalue weighted by atomic mass is 16.5. The van der Waals surface area contributed by atoms with E-state index < -0.39 is 11.6 Å². The van der Waals surface area contributed by atoms with Gasteiger partial charge in [0, 0.05) is 6.07 Å². The molecule has 0 bridgehead atoms. The minimum Gasteiger partial charge on any atom is -0.504 e. The number of rotatable bonds is 7. The zero-order valence-corrected chi connectivity index (χ0v) is 18.1. The largest absolute Gasteiger partial charge is 0.504 e. The molecular weight excluding hydrogens is 430 g/mol. The van der Waals surface area contributed by atoms with Crippen LogP contribution in [-0.2, 0) is 0 Å². The van der Waals surface area contributed by atoms with Crippen LogP contribution >= 0.6 is 0 Å². The number of nitrogens with zero attached hydrogens (tertiary/aromatic N) is 3. The number of nitrogens with two attached hydrogens (primary N) is 1. The van der Waals surface area contributed by atoms with Gasteiger partial charge in [0.2, 0.25) is 0 Å². The van der Waals surface area contributed by atoms with Gasteiger partial charge in [0.25, 0.3) is 5.91 Å². The predicted octanol–water partition coefficient (Wildman–Crippen LogP) is 2.00. The van der Waals surface area contributed by atoms with Gasteiger partial charge >= 0.3 is 5.69 Å². The molecule has 0 saturated carbocycles. The summed E-state index contributed by atoms with van der Waals surface area (Å²) < 4.78 is 17.3. The highest BCUT2D eigenvalue weighted by molar-refractivity contribution is 6.02. The van der Waals surface area contributed by atoms with Gasteiger partial charge in [-0.05, 0) is 31.2 Å². The Kier molecular flexibility index (Phi) is 5.61. The van der Waals surface area contributed by atoms with Crippen molar-refractivity contribution in [3.8, 4) is 40.1 Å². The highest BCUT2D eigenvalue weighted by Gasteiger charge is 2.22. The normalized spacial score (nSPS) is 10.9. The molecule has 4 N–H and O–H groups in total. The van der Waals surface area contributed by atoms with Crippen LogP contribution in [-0.4, -0.2) is 51.4 Å². The molecule has 4 aromatic rings. The van der Waals surface area contributed by atoms with E-state index in [9.17, 15) is 14.7 Å². The summed E-state index contributed by atoms with van der Waals surface area (Å²) in [6.45, 7) is 2.11. The fourth-order valence-corrected chi connectivity index (χ4v) is 3.46. The van der Waals surface area contributed by atoms with Crippen molar-refractivity contribution in [3.63, 3.8) is 0 Å². The molecule has 170 valence electrons. The fraction of sp³-hybridized carbons (Fsp3) is 0.182. The highest BCUT2D eigenvalue weighted by Crippen LogP contribution is 2.36. The molecule has 11 nitrogen and oxygen atoms in total. The molecule has 0 atom stereocenters. The van der Waals surface area contributed by atoms with Crippen LogP contribution in [0.1, 0.15) is 17.4 Å². The lowest BCUT2D eigenvalue weighted by Crippen LogP contribution is -2.15. The van der Waals surface area contributed by atoms with Crippen LogP contribution in [0.4, 0.5) is 0 Å². The maximum absolute atomic E-state index is 12.9. The number of carbonyl (C=O) groups is 1. The van der Waals surface area contributed by atoms with Crippen molar-refractivity contribution in [2.24, 2.45) is 5.73 Å². The number of aromatic hydroxyl groups is 1. The van der Waals surface area contributed by atoms with Gasteiger partial charge in [0.1, 0.15) is 5.52 Å². The van der Waals surface area contributed by atoms with Gasteiger partial charge in [-0.2, -0.15) is 0 Å². The number of phenolic OH excluding ortho intramolecular Hbond substituents is 1. The third-order valence-corrected chi connectivity index (χ3v) is 4.94. The molecular formula is C22H21N5O6. The average molecular weight is 451 g/mol. The molecule has 1 amide bonds. The summed E-state index contributed by atoms with van der Waals surface area (Å²) in [4.78, 5) is 36.3. The number of para-hydroxylation sites is 1. The minimum absolute atomic E-state index is 0.0106. The van der Waals surface area contributed by atoms with Crippen LogP contribution in [0.15, 0.2) is 41.2 Å². The lowest BCUT2D eigenvalue weighted by Gasteiger charge is -2.12. The van der Waals surface area contributed by atoms with Crippen molar-refractivity contribution < 1.29 is 24.1 Å². The number of fused-ring (bicyclic) bond motifs is 1. The van der Waals surface area contributed by atoms with Crippen LogP contribution in [0.25, 0.3) is 28.2 Å². The Morgan fingerprint density at radius 2 is 1.88 bits per heavy atom. The van der Waals surface area contributed by atoms with E-state index in [-0.39, 0.29) is 39.7 Å². The van der Waals surface area contributed by atoms with Gasteiger partial charge in [0.15, 0.2) is 40.2 Å². The van der Waals surface area contributed by atoms with Crippen molar-refractivity contribution in [1.29, 1.82) is 0 Å². The van der Waals surface area contributed by atoms with Gasteiger partial charge < -0.3 is 30.0 Å². The Hall–Kier alpha value is -4.54. The van der Waals surface area contributed by atoms with E-state index >= 15 is 0 Å². The Morgan fingerprint density at radius 1 is 1.12 bits per heavy atom. The molecule has 0 aliphatic heterocycles. The molecule has 33 heavy (non-hydrogen) atoms. The van der Waals surface area contributed by atoms with Crippen molar-refractivity contribution in [3.05, 3.63) is 52.6 Å². The number of nitrogens with one attached hydrogen (secondary N) is 1. The first-order valence-corrected chi connectivity index (χ1v) is 9.89. The van der Waals surface area contributed by atoms with E-state index in [1.165, 1.54) is 18.8 Å².